The lowest BCUT2D eigenvalue weighted by molar-refractivity contribution is -0.265. The molecule has 5 aromatic rings. The summed E-state index contributed by atoms with van der Waals surface area (Å²) in [6.45, 7) is 8.03. The van der Waals surface area contributed by atoms with E-state index in [1.165, 1.54) is 24.3 Å². The van der Waals surface area contributed by atoms with Gasteiger partial charge in [-0.15, -0.1) is 5.10 Å². The number of pyridine rings is 2. The van der Waals surface area contributed by atoms with Crippen LogP contribution in [0.1, 0.15) is 60.6 Å². The Morgan fingerprint density at radius 2 is 1.67 bits per heavy atom. The van der Waals surface area contributed by atoms with Gasteiger partial charge < -0.3 is 26.2 Å². The van der Waals surface area contributed by atoms with Crippen molar-refractivity contribution < 1.29 is 37.0 Å². The predicted molar refractivity (Wildman–Crippen MR) is 186 cm³/mol. The predicted octanol–water partition coefficient (Wildman–Crippen LogP) is 6.18. The number of halogens is 4. The third kappa shape index (κ3) is 8.09. The molecule has 3 heterocycles. The molecule has 0 aliphatic rings. The average Bonchev–Trinajstić information content (AvgIpc) is 3.07. The maximum Gasteiger partial charge on any atom is 0.424 e. The van der Waals surface area contributed by atoms with Gasteiger partial charge in [0.15, 0.2) is 5.82 Å². The highest BCUT2D eigenvalue weighted by atomic mass is 19.4. The molecule has 0 aliphatic heterocycles. The van der Waals surface area contributed by atoms with Gasteiger partial charge >= 0.3 is 6.18 Å². The van der Waals surface area contributed by atoms with E-state index in [4.69, 9.17) is 10.5 Å². The van der Waals surface area contributed by atoms with Gasteiger partial charge in [-0.25, -0.2) is 9.37 Å². The van der Waals surface area contributed by atoms with Crippen LogP contribution in [-0.4, -0.2) is 56.4 Å². The van der Waals surface area contributed by atoms with E-state index >= 15 is 0 Å². The molecule has 0 saturated carbocycles. The number of nitrogens with one attached hydrogen (secondary N) is 2. The first-order valence-corrected chi connectivity index (χ1v) is 16.2. The van der Waals surface area contributed by atoms with Crippen LogP contribution in [0.25, 0.3) is 22.2 Å². The zero-order valence-corrected chi connectivity index (χ0v) is 29.0. The molecule has 1 atom stereocenters. The summed E-state index contributed by atoms with van der Waals surface area (Å²) >= 11 is 0. The third-order valence-electron chi connectivity index (χ3n) is 8.10. The Morgan fingerprint density at radius 1 is 0.962 bits per heavy atom. The molecule has 272 valence electrons. The van der Waals surface area contributed by atoms with Crippen molar-refractivity contribution in [3.8, 4) is 17.0 Å². The molecule has 0 fully saturated rings. The first kappa shape index (κ1) is 37.6. The fraction of sp³-hybridized carbons (Fsp3) is 0.297. The summed E-state index contributed by atoms with van der Waals surface area (Å²) in [5.74, 6) is -2.19. The lowest BCUT2D eigenvalue weighted by atomic mass is 9.92. The van der Waals surface area contributed by atoms with E-state index in [1.807, 2.05) is 20.8 Å². The van der Waals surface area contributed by atoms with E-state index in [0.29, 0.717) is 22.4 Å². The summed E-state index contributed by atoms with van der Waals surface area (Å²) in [7, 11) is 0. The van der Waals surface area contributed by atoms with Gasteiger partial charge in [0, 0.05) is 33.7 Å². The van der Waals surface area contributed by atoms with Crippen molar-refractivity contribution in [1.82, 2.24) is 25.5 Å². The number of anilines is 2. The highest BCUT2D eigenvalue weighted by Crippen LogP contribution is 2.42. The lowest BCUT2D eigenvalue weighted by Crippen LogP contribution is -2.51. The zero-order chi connectivity index (χ0) is 38.0. The van der Waals surface area contributed by atoms with Crippen LogP contribution < -0.4 is 21.1 Å². The van der Waals surface area contributed by atoms with Crippen LogP contribution >= 0.6 is 0 Å². The molecule has 0 unspecified atom stereocenters. The summed E-state index contributed by atoms with van der Waals surface area (Å²) in [6, 6.07) is 13.7. The number of nitrogens with zero attached hydrogens (tertiary/aromatic N) is 4. The molecule has 5 rings (SSSR count). The second-order valence-electron chi connectivity index (χ2n) is 13.3. The molecule has 0 bridgehead atoms. The molecule has 0 saturated heterocycles. The van der Waals surface area contributed by atoms with Gasteiger partial charge in [0.25, 0.3) is 5.91 Å². The highest BCUT2D eigenvalue weighted by molar-refractivity contribution is 6.03. The molecular formula is C37H37F4N7O4. The molecule has 11 nitrogen and oxygen atoms in total. The second kappa shape index (κ2) is 14.5. The fourth-order valence-corrected chi connectivity index (χ4v) is 5.40. The lowest BCUT2D eigenvalue weighted by Gasteiger charge is -2.31. The fourth-order valence-electron chi connectivity index (χ4n) is 5.40. The van der Waals surface area contributed by atoms with Gasteiger partial charge in [-0.1, -0.05) is 20.8 Å². The van der Waals surface area contributed by atoms with E-state index in [2.05, 4.69) is 30.8 Å². The quantitative estimate of drug-likeness (QED) is 0.117. The van der Waals surface area contributed by atoms with Gasteiger partial charge in [0.1, 0.15) is 17.3 Å². The van der Waals surface area contributed by atoms with Gasteiger partial charge in [0.2, 0.25) is 11.5 Å². The van der Waals surface area contributed by atoms with Crippen LogP contribution in [0.15, 0.2) is 66.9 Å². The van der Waals surface area contributed by atoms with Crippen molar-refractivity contribution in [3.63, 3.8) is 0 Å². The number of aliphatic hydroxyl groups is 1. The SMILES string of the molecule is CCOc1c(CC(N)=O)cc([C@@](O)(CNC(=O)c2cc(Nc3ccc(C(C)(C)C)nn3)c3ncc(C)cc3c2)C(F)(F)F)nc1-c1ccc(F)cc1. The molecule has 0 radical (unpaired) electrons. The monoisotopic (exact) mass is 719 g/mol. The summed E-state index contributed by atoms with van der Waals surface area (Å²) in [4.78, 5) is 34.2. The number of hydrogen-bond acceptors (Lipinski definition) is 9. The van der Waals surface area contributed by atoms with E-state index in [-0.39, 0.29) is 40.2 Å². The number of alkyl halides is 3. The Labute approximate surface area is 296 Å². The van der Waals surface area contributed by atoms with Crippen LogP contribution in [0.2, 0.25) is 0 Å². The van der Waals surface area contributed by atoms with Crippen molar-refractivity contribution in [2.75, 3.05) is 18.5 Å². The van der Waals surface area contributed by atoms with E-state index in [1.54, 1.807) is 38.2 Å². The van der Waals surface area contributed by atoms with E-state index in [9.17, 15) is 32.3 Å². The number of carbonyl (C=O) groups is 2. The normalized spacial score (nSPS) is 13.0. The maximum absolute atomic E-state index is 14.9. The largest absolute Gasteiger partial charge is 0.491 e. The maximum atomic E-state index is 14.9. The minimum absolute atomic E-state index is 0.0348. The van der Waals surface area contributed by atoms with Crippen LogP contribution in [-0.2, 0) is 22.2 Å². The van der Waals surface area contributed by atoms with Crippen molar-refractivity contribution >= 4 is 34.2 Å². The Balaban J connectivity index is 1.54. The number of benzene rings is 2. The number of aryl methyl sites for hydroxylation is 1. The van der Waals surface area contributed by atoms with Crippen LogP contribution in [0.5, 0.6) is 5.75 Å². The number of aromatic nitrogens is 4. The number of ether oxygens (including phenoxy) is 1. The average molecular weight is 720 g/mol. The summed E-state index contributed by atoms with van der Waals surface area (Å²) in [5.41, 5.74) is 2.56. The number of amides is 2. The number of carbonyl (C=O) groups excluding carboxylic acids is 2. The Kier molecular flexibility index (Phi) is 10.5. The minimum Gasteiger partial charge on any atom is -0.491 e. The smallest absolute Gasteiger partial charge is 0.424 e. The molecule has 2 aromatic carbocycles. The van der Waals surface area contributed by atoms with Crippen LogP contribution in [0, 0.1) is 12.7 Å². The molecule has 3 aromatic heterocycles. The topological polar surface area (TPSA) is 165 Å². The van der Waals surface area contributed by atoms with Crippen molar-refractivity contribution in [2.24, 2.45) is 5.73 Å². The molecule has 0 aliphatic carbocycles. The van der Waals surface area contributed by atoms with Gasteiger partial charge in [0.05, 0.1) is 42.2 Å². The number of nitrogens with two attached hydrogens (primary N) is 1. The number of fused-ring (bicyclic) bond motifs is 1. The van der Waals surface area contributed by atoms with Crippen molar-refractivity contribution in [2.45, 2.75) is 58.2 Å². The summed E-state index contributed by atoms with van der Waals surface area (Å²) in [5, 5.41) is 25.7. The summed E-state index contributed by atoms with van der Waals surface area (Å²) < 4.78 is 64.1. The first-order chi connectivity index (χ1) is 24.4. The molecule has 2 amide bonds. The standard InChI is InChI=1S/C37H37F4N7O4/c1-6-52-33-23(17-29(42)49)16-28(46-32(33)21-7-9-25(38)10-8-21)36(51,37(39,40)41)19-44-34(50)24-14-22-13-20(2)18-43-31(22)26(15-24)45-30-12-11-27(47-48-30)35(3,4)5/h7-16,18,51H,6,17,19H2,1-5H3,(H2,42,49)(H,44,50)(H,45,48)/t36-/m0/s1. The zero-order valence-electron chi connectivity index (χ0n) is 29.0. The third-order valence-corrected chi connectivity index (χ3v) is 8.10. The molecular weight excluding hydrogens is 682 g/mol. The second-order valence-corrected chi connectivity index (χ2v) is 13.3. The van der Waals surface area contributed by atoms with Crippen molar-refractivity contribution in [1.29, 1.82) is 0 Å². The number of rotatable bonds is 11. The molecule has 0 spiro atoms. The highest BCUT2D eigenvalue weighted by Gasteiger charge is 2.56. The first-order valence-electron chi connectivity index (χ1n) is 16.2. The van der Waals surface area contributed by atoms with Gasteiger partial charge in [-0.3, -0.25) is 14.6 Å². The molecule has 52 heavy (non-hydrogen) atoms. The van der Waals surface area contributed by atoms with E-state index in [0.717, 1.165) is 29.5 Å². The van der Waals surface area contributed by atoms with Crippen LogP contribution in [0.3, 0.4) is 0 Å². The van der Waals surface area contributed by atoms with Gasteiger partial charge in [-0.2, -0.15) is 18.3 Å². The Bertz CT molecular complexity index is 2120. The summed E-state index contributed by atoms with van der Waals surface area (Å²) in [6.07, 6.45) is -4.33. The number of primary amides is 1. The van der Waals surface area contributed by atoms with Crippen molar-refractivity contribution in [3.05, 3.63) is 101 Å². The number of hydrogen-bond donors (Lipinski definition) is 4. The minimum atomic E-state index is -5.39. The Morgan fingerprint density at radius 3 is 2.27 bits per heavy atom. The van der Waals surface area contributed by atoms with Gasteiger partial charge in [-0.05, 0) is 80.1 Å². The molecule has 15 heteroatoms. The van der Waals surface area contributed by atoms with Crippen LogP contribution in [0.4, 0.5) is 29.1 Å². The Hall–Kier alpha value is -5.70. The molecule has 5 N–H and O–H groups in total. The van der Waals surface area contributed by atoms with E-state index < -0.39 is 48.1 Å².